The average Bonchev–Trinajstić information content (AvgIpc) is 2.54. The highest BCUT2D eigenvalue weighted by molar-refractivity contribution is 5.90. The van der Waals surface area contributed by atoms with Crippen LogP contribution >= 0.6 is 0 Å². The Hall–Kier alpha value is -1.62. The molecule has 132 valence electrons. The topological polar surface area (TPSA) is 65.5 Å². The van der Waals surface area contributed by atoms with Crippen LogP contribution in [-0.4, -0.2) is 40.2 Å². The van der Waals surface area contributed by atoms with Gasteiger partial charge in [0.1, 0.15) is 0 Å². The molecular formula is C19H29N3O2. The van der Waals surface area contributed by atoms with Gasteiger partial charge in [0.15, 0.2) is 0 Å². The number of anilines is 1. The van der Waals surface area contributed by atoms with E-state index in [1.54, 1.807) is 0 Å². The summed E-state index contributed by atoms with van der Waals surface area (Å²) < 4.78 is 0. The number of aliphatic hydroxyl groups excluding tert-OH is 1. The van der Waals surface area contributed by atoms with Crippen molar-refractivity contribution in [3.8, 4) is 0 Å². The minimum absolute atomic E-state index is 0.0162. The zero-order valence-electron chi connectivity index (χ0n) is 15.1. The summed E-state index contributed by atoms with van der Waals surface area (Å²) in [5.74, 6) is 0. The van der Waals surface area contributed by atoms with E-state index in [9.17, 15) is 9.90 Å². The van der Waals surface area contributed by atoms with Crippen molar-refractivity contribution in [3.05, 3.63) is 23.0 Å². The number of carbonyl (C=O) groups excluding carboxylic acids is 1. The number of likely N-dealkylation sites (tertiary alicyclic amines) is 1. The van der Waals surface area contributed by atoms with E-state index in [2.05, 4.69) is 10.3 Å². The van der Waals surface area contributed by atoms with Gasteiger partial charge < -0.3 is 15.3 Å². The van der Waals surface area contributed by atoms with E-state index in [1.807, 2.05) is 31.7 Å². The molecule has 1 aromatic heterocycles. The van der Waals surface area contributed by atoms with Crippen LogP contribution in [0.25, 0.3) is 0 Å². The number of hydrogen-bond donors (Lipinski definition) is 2. The highest BCUT2D eigenvalue weighted by atomic mass is 16.3. The van der Waals surface area contributed by atoms with E-state index in [-0.39, 0.29) is 12.1 Å². The first-order chi connectivity index (χ1) is 11.4. The third-order valence-corrected chi connectivity index (χ3v) is 5.88. The van der Waals surface area contributed by atoms with Crippen LogP contribution in [0.3, 0.4) is 0 Å². The number of hydrogen-bond acceptors (Lipinski definition) is 3. The van der Waals surface area contributed by atoms with Gasteiger partial charge in [-0.3, -0.25) is 4.98 Å². The maximum atomic E-state index is 12.6. The van der Waals surface area contributed by atoms with E-state index in [4.69, 9.17) is 0 Å². The molecule has 2 aliphatic rings. The standard InChI is InChI=1S/C19H29N3O2/c1-13-12-14(2)20-15(3)17(13)21-18(24)22-10-8-19(9-11-22)6-4-16(23)5-7-19/h12,16,23H,4-11H2,1-3H3,(H,21,24). The molecule has 2 heterocycles. The summed E-state index contributed by atoms with van der Waals surface area (Å²) >= 11 is 0. The Balaban J connectivity index is 1.60. The van der Waals surface area contributed by atoms with E-state index in [0.29, 0.717) is 5.41 Å². The zero-order chi connectivity index (χ0) is 17.3. The van der Waals surface area contributed by atoms with Crippen LogP contribution in [0.1, 0.15) is 55.5 Å². The number of pyridine rings is 1. The molecule has 3 rings (SSSR count). The van der Waals surface area contributed by atoms with Crippen LogP contribution in [0, 0.1) is 26.2 Å². The molecule has 1 saturated carbocycles. The molecule has 5 nitrogen and oxygen atoms in total. The second-order valence-corrected chi connectivity index (χ2v) is 7.69. The summed E-state index contributed by atoms with van der Waals surface area (Å²) in [6.45, 7) is 7.53. The Bertz CT molecular complexity index is 588. The zero-order valence-corrected chi connectivity index (χ0v) is 15.1. The molecule has 5 heteroatoms. The number of aromatic nitrogens is 1. The van der Waals surface area contributed by atoms with Crippen molar-refractivity contribution in [3.63, 3.8) is 0 Å². The fourth-order valence-electron chi connectivity index (χ4n) is 4.30. The number of nitrogens with one attached hydrogen (secondary N) is 1. The van der Waals surface area contributed by atoms with E-state index in [1.165, 1.54) is 0 Å². The van der Waals surface area contributed by atoms with Gasteiger partial charge in [0.25, 0.3) is 0 Å². The maximum absolute atomic E-state index is 12.6. The number of carbonyl (C=O) groups is 1. The van der Waals surface area contributed by atoms with Gasteiger partial charge in [0.2, 0.25) is 0 Å². The van der Waals surface area contributed by atoms with Crippen molar-refractivity contribution in [1.29, 1.82) is 0 Å². The van der Waals surface area contributed by atoms with Crippen LogP contribution in [0.5, 0.6) is 0 Å². The summed E-state index contributed by atoms with van der Waals surface area (Å²) in [7, 11) is 0. The molecule has 1 aliphatic heterocycles. The summed E-state index contributed by atoms with van der Waals surface area (Å²) in [5, 5.41) is 12.8. The van der Waals surface area contributed by atoms with Gasteiger partial charge in [-0.1, -0.05) is 0 Å². The molecule has 1 saturated heterocycles. The average molecular weight is 331 g/mol. The Morgan fingerprint density at radius 1 is 1.21 bits per heavy atom. The molecule has 2 fully saturated rings. The predicted octanol–water partition coefficient (Wildman–Crippen LogP) is 3.56. The van der Waals surface area contributed by atoms with Crippen LogP contribution < -0.4 is 5.32 Å². The van der Waals surface area contributed by atoms with Crippen LogP contribution in [0.2, 0.25) is 0 Å². The second-order valence-electron chi connectivity index (χ2n) is 7.69. The molecule has 2 amide bonds. The maximum Gasteiger partial charge on any atom is 0.321 e. The molecule has 24 heavy (non-hydrogen) atoms. The smallest absolute Gasteiger partial charge is 0.321 e. The first-order valence-corrected chi connectivity index (χ1v) is 9.07. The second kappa shape index (κ2) is 6.71. The lowest BCUT2D eigenvalue weighted by Crippen LogP contribution is -2.46. The molecule has 0 aromatic carbocycles. The SMILES string of the molecule is Cc1cc(C)c(NC(=O)N2CCC3(CCC(O)CC3)CC2)c(C)n1. The van der Waals surface area contributed by atoms with Crippen molar-refractivity contribution in [1.82, 2.24) is 9.88 Å². The van der Waals surface area contributed by atoms with E-state index < -0.39 is 0 Å². The normalized spacial score (nSPS) is 21.1. The van der Waals surface area contributed by atoms with Gasteiger partial charge >= 0.3 is 6.03 Å². The van der Waals surface area contributed by atoms with Crippen LogP contribution in [0.4, 0.5) is 10.5 Å². The van der Waals surface area contributed by atoms with Crippen LogP contribution in [0.15, 0.2) is 6.07 Å². The van der Waals surface area contributed by atoms with Crippen LogP contribution in [-0.2, 0) is 0 Å². The number of aryl methyl sites for hydroxylation is 3. The summed E-state index contributed by atoms with van der Waals surface area (Å²) in [4.78, 5) is 19.0. The Labute approximate surface area is 144 Å². The molecular weight excluding hydrogens is 302 g/mol. The van der Waals surface area contributed by atoms with Gasteiger partial charge in [0.05, 0.1) is 17.5 Å². The number of piperidine rings is 1. The minimum Gasteiger partial charge on any atom is -0.393 e. The monoisotopic (exact) mass is 331 g/mol. The number of aliphatic hydroxyl groups is 1. The molecule has 1 aromatic rings. The predicted molar refractivity (Wildman–Crippen MR) is 95.2 cm³/mol. The van der Waals surface area contributed by atoms with Crippen molar-refractivity contribution >= 4 is 11.7 Å². The third kappa shape index (κ3) is 3.56. The fraction of sp³-hybridized carbons (Fsp3) is 0.684. The Morgan fingerprint density at radius 2 is 1.83 bits per heavy atom. The summed E-state index contributed by atoms with van der Waals surface area (Å²) in [6.07, 6.45) is 6.03. The Kier molecular flexibility index (Phi) is 4.81. The first-order valence-electron chi connectivity index (χ1n) is 9.07. The molecule has 1 aliphatic carbocycles. The lowest BCUT2D eigenvalue weighted by Gasteiger charge is -2.45. The van der Waals surface area contributed by atoms with Gasteiger partial charge in [-0.15, -0.1) is 0 Å². The largest absolute Gasteiger partial charge is 0.393 e. The van der Waals surface area contributed by atoms with E-state index >= 15 is 0 Å². The molecule has 2 N–H and O–H groups in total. The first kappa shape index (κ1) is 17.2. The molecule has 0 atom stereocenters. The van der Waals surface area contributed by atoms with Gasteiger partial charge in [-0.05, 0) is 76.3 Å². The summed E-state index contributed by atoms with van der Waals surface area (Å²) in [5.41, 5.74) is 4.10. The highest BCUT2D eigenvalue weighted by Gasteiger charge is 2.38. The third-order valence-electron chi connectivity index (χ3n) is 5.88. The van der Waals surface area contributed by atoms with Gasteiger partial charge in [-0.25, -0.2) is 4.79 Å². The van der Waals surface area contributed by atoms with Crippen molar-refractivity contribution < 1.29 is 9.90 Å². The number of rotatable bonds is 1. The summed E-state index contributed by atoms with van der Waals surface area (Å²) in [6, 6.07) is 1.98. The van der Waals surface area contributed by atoms with Crippen molar-refractivity contribution in [2.45, 2.75) is 65.4 Å². The number of nitrogens with zero attached hydrogens (tertiary/aromatic N) is 2. The fourth-order valence-corrected chi connectivity index (χ4v) is 4.30. The molecule has 0 unspecified atom stereocenters. The minimum atomic E-state index is -0.114. The van der Waals surface area contributed by atoms with Crippen molar-refractivity contribution in [2.24, 2.45) is 5.41 Å². The van der Waals surface area contributed by atoms with Crippen molar-refractivity contribution in [2.75, 3.05) is 18.4 Å². The Morgan fingerprint density at radius 3 is 2.42 bits per heavy atom. The quantitative estimate of drug-likeness (QED) is 0.827. The number of amides is 2. The number of urea groups is 1. The highest BCUT2D eigenvalue weighted by Crippen LogP contribution is 2.44. The lowest BCUT2D eigenvalue weighted by molar-refractivity contribution is 0.0263. The lowest BCUT2D eigenvalue weighted by atomic mass is 9.67. The molecule has 0 radical (unpaired) electrons. The molecule has 1 spiro atoms. The molecule has 0 bridgehead atoms. The van der Waals surface area contributed by atoms with Gasteiger partial charge in [-0.2, -0.15) is 0 Å². The van der Waals surface area contributed by atoms with E-state index in [0.717, 1.165) is 74.3 Å². The van der Waals surface area contributed by atoms with Gasteiger partial charge in [0, 0.05) is 18.8 Å².